The zero-order valence-corrected chi connectivity index (χ0v) is 8.53. The minimum Gasteiger partial charge on any atom is -0.305 e. The van der Waals surface area contributed by atoms with E-state index in [9.17, 15) is 4.79 Å². The lowest BCUT2D eigenvalue weighted by atomic mass is 10.2. The number of aldehydes is 1. The van der Waals surface area contributed by atoms with E-state index in [4.69, 9.17) is 0 Å². The molecule has 0 atom stereocenters. The van der Waals surface area contributed by atoms with Crippen LogP contribution in [0.15, 0.2) is 12.3 Å². The number of aryl methyl sites for hydroxylation is 2. The minimum atomic E-state index is 0.700. The molecular formula is C11H12N2O. The number of hydrogen-bond donors (Lipinski definition) is 0. The van der Waals surface area contributed by atoms with Crippen LogP contribution in [0.2, 0.25) is 0 Å². The fourth-order valence-corrected chi connectivity index (χ4v) is 1.66. The van der Waals surface area contributed by atoms with Gasteiger partial charge in [-0.1, -0.05) is 0 Å². The van der Waals surface area contributed by atoms with E-state index in [1.54, 1.807) is 0 Å². The lowest BCUT2D eigenvalue weighted by Gasteiger charge is -1.97. The molecule has 72 valence electrons. The summed E-state index contributed by atoms with van der Waals surface area (Å²) in [6, 6.07) is 1.94. The fourth-order valence-electron chi connectivity index (χ4n) is 1.66. The average Bonchev–Trinajstić information content (AvgIpc) is 2.39. The molecule has 0 radical (unpaired) electrons. The Bertz CT molecular complexity index is 511. The predicted molar refractivity (Wildman–Crippen MR) is 54.8 cm³/mol. The van der Waals surface area contributed by atoms with Crippen LogP contribution in [0.1, 0.15) is 27.3 Å². The molecule has 2 rings (SSSR count). The molecule has 0 aromatic carbocycles. The molecule has 0 amide bonds. The molecule has 0 fully saturated rings. The maximum atomic E-state index is 10.9. The topological polar surface area (TPSA) is 34.4 Å². The van der Waals surface area contributed by atoms with E-state index in [0.717, 1.165) is 28.9 Å². The van der Waals surface area contributed by atoms with Crippen LogP contribution in [0.4, 0.5) is 0 Å². The van der Waals surface area contributed by atoms with Gasteiger partial charge < -0.3 is 4.40 Å². The Labute approximate surface area is 82.4 Å². The number of nitrogens with zero attached hydrogens (tertiary/aromatic N) is 2. The summed E-state index contributed by atoms with van der Waals surface area (Å²) in [5.41, 5.74) is 4.48. The number of hydrogen-bond acceptors (Lipinski definition) is 2. The van der Waals surface area contributed by atoms with Crippen LogP contribution < -0.4 is 0 Å². The van der Waals surface area contributed by atoms with Crippen molar-refractivity contribution in [2.75, 3.05) is 0 Å². The summed E-state index contributed by atoms with van der Waals surface area (Å²) in [6.07, 6.45) is 2.83. The highest BCUT2D eigenvalue weighted by molar-refractivity contribution is 5.87. The van der Waals surface area contributed by atoms with E-state index in [0.29, 0.717) is 5.56 Å². The van der Waals surface area contributed by atoms with Crippen LogP contribution in [0, 0.1) is 20.8 Å². The molecule has 3 nitrogen and oxygen atoms in total. The van der Waals surface area contributed by atoms with Crippen molar-refractivity contribution >= 4 is 11.9 Å². The molecule has 14 heavy (non-hydrogen) atoms. The van der Waals surface area contributed by atoms with E-state index >= 15 is 0 Å². The molecule has 0 aliphatic heterocycles. The smallest absolute Gasteiger partial charge is 0.154 e. The first-order chi connectivity index (χ1) is 6.65. The molecule has 0 unspecified atom stereocenters. The second-order valence-corrected chi connectivity index (χ2v) is 3.50. The number of aromatic nitrogens is 2. The first kappa shape index (κ1) is 8.94. The van der Waals surface area contributed by atoms with Gasteiger partial charge in [0, 0.05) is 17.6 Å². The van der Waals surface area contributed by atoms with Crippen molar-refractivity contribution in [2.45, 2.75) is 20.8 Å². The van der Waals surface area contributed by atoms with Crippen molar-refractivity contribution in [3.8, 4) is 0 Å². The molecule has 2 heterocycles. The monoisotopic (exact) mass is 188 g/mol. The second kappa shape index (κ2) is 2.94. The first-order valence-electron chi connectivity index (χ1n) is 4.55. The van der Waals surface area contributed by atoms with Crippen LogP contribution in [0.25, 0.3) is 5.65 Å². The van der Waals surface area contributed by atoms with Crippen LogP contribution in [0.5, 0.6) is 0 Å². The number of carbonyl (C=O) groups is 1. The molecule has 0 aliphatic rings. The SMILES string of the molecule is Cc1ccn2c(C)c(C)c(C=O)c2n1. The fraction of sp³-hybridized carbons (Fsp3) is 0.273. The van der Waals surface area contributed by atoms with Gasteiger partial charge in [0.05, 0.1) is 5.56 Å². The number of fused-ring (bicyclic) bond motifs is 1. The highest BCUT2D eigenvalue weighted by Gasteiger charge is 2.11. The zero-order chi connectivity index (χ0) is 10.3. The van der Waals surface area contributed by atoms with Crippen molar-refractivity contribution < 1.29 is 4.79 Å². The maximum Gasteiger partial charge on any atom is 0.154 e. The highest BCUT2D eigenvalue weighted by Crippen LogP contribution is 2.19. The van der Waals surface area contributed by atoms with Gasteiger partial charge in [0.1, 0.15) is 5.65 Å². The third-order valence-corrected chi connectivity index (χ3v) is 2.64. The van der Waals surface area contributed by atoms with E-state index < -0.39 is 0 Å². The highest BCUT2D eigenvalue weighted by atomic mass is 16.1. The third kappa shape index (κ3) is 1.05. The maximum absolute atomic E-state index is 10.9. The van der Waals surface area contributed by atoms with Crippen LogP contribution >= 0.6 is 0 Å². The van der Waals surface area contributed by atoms with Crippen LogP contribution in [0.3, 0.4) is 0 Å². The quantitative estimate of drug-likeness (QED) is 0.642. The van der Waals surface area contributed by atoms with Gasteiger partial charge in [0.15, 0.2) is 6.29 Å². The Morgan fingerprint density at radius 3 is 2.71 bits per heavy atom. The largest absolute Gasteiger partial charge is 0.305 e. The Kier molecular flexibility index (Phi) is 1.88. The lowest BCUT2D eigenvalue weighted by Crippen LogP contribution is -1.92. The van der Waals surface area contributed by atoms with Crippen molar-refractivity contribution in [1.29, 1.82) is 0 Å². The zero-order valence-electron chi connectivity index (χ0n) is 8.53. The second-order valence-electron chi connectivity index (χ2n) is 3.50. The van der Waals surface area contributed by atoms with Gasteiger partial charge in [-0.15, -0.1) is 0 Å². The lowest BCUT2D eigenvalue weighted by molar-refractivity contribution is 0.112. The molecule has 0 saturated carbocycles. The Hall–Kier alpha value is -1.64. The van der Waals surface area contributed by atoms with Gasteiger partial charge in [0.2, 0.25) is 0 Å². The molecule has 0 aliphatic carbocycles. The van der Waals surface area contributed by atoms with E-state index in [1.165, 1.54) is 0 Å². The van der Waals surface area contributed by atoms with Crippen molar-refractivity contribution in [1.82, 2.24) is 9.38 Å². The average molecular weight is 188 g/mol. The summed E-state index contributed by atoms with van der Waals surface area (Å²) in [5.74, 6) is 0. The van der Waals surface area contributed by atoms with Crippen LogP contribution in [-0.2, 0) is 0 Å². The summed E-state index contributed by atoms with van der Waals surface area (Å²) in [7, 11) is 0. The van der Waals surface area contributed by atoms with Crippen molar-refractivity contribution in [3.05, 3.63) is 34.8 Å². The Balaban J connectivity index is 2.96. The van der Waals surface area contributed by atoms with Crippen molar-refractivity contribution in [3.63, 3.8) is 0 Å². The molecule has 0 bridgehead atoms. The van der Waals surface area contributed by atoms with Gasteiger partial charge in [-0.2, -0.15) is 0 Å². The molecule has 0 spiro atoms. The molecule has 2 aromatic heterocycles. The minimum absolute atomic E-state index is 0.700. The van der Waals surface area contributed by atoms with Crippen LogP contribution in [-0.4, -0.2) is 15.7 Å². The van der Waals surface area contributed by atoms with E-state index in [1.807, 2.05) is 37.4 Å². The molecule has 2 aromatic rings. The molecular weight excluding hydrogens is 176 g/mol. The molecule has 0 N–H and O–H groups in total. The van der Waals surface area contributed by atoms with E-state index in [2.05, 4.69) is 4.98 Å². The van der Waals surface area contributed by atoms with Gasteiger partial charge in [-0.05, 0) is 32.4 Å². The summed E-state index contributed by atoms with van der Waals surface area (Å²) < 4.78 is 1.95. The molecule has 3 heteroatoms. The van der Waals surface area contributed by atoms with E-state index in [-0.39, 0.29) is 0 Å². The summed E-state index contributed by atoms with van der Waals surface area (Å²) in [6.45, 7) is 5.86. The third-order valence-electron chi connectivity index (χ3n) is 2.64. The van der Waals surface area contributed by atoms with Gasteiger partial charge in [0.25, 0.3) is 0 Å². The van der Waals surface area contributed by atoms with Gasteiger partial charge >= 0.3 is 0 Å². The Morgan fingerprint density at radius 1 is 1.36 bits per heavy atom. The number of carbonyl (C=O) groups excluding carboxylic acids is 1. The summed E-state index contributed by atoms with van der Waals surface area (Å²) in [5, 5.41) is 0. The standard InChI is InChI=1S/C11H12N2O/c1-7-4-5-13-9(3)8(2)10(6-14)11(13)12-7/h4-6H,1-3H3. The van der Waals surface area contributed by atoms with Gasteiger partial charge in [-0.3, -0.25) is 4.79 Å². The number of rotatable bonds is 1. The predicted octanol–water partition coefficient (Wildman–Crippen LogP) is 2.07. The molecule has 0 saturated heterocycles. The normalized spacial score (nSPS) is 10.8. The summed E-state index contributed by atoms with van der Waals surface area (Å²) >= 11 is 0. The van der Waals surface area contributed by atoms with Crippen molar-refractivity contribution in [2.24, 2.45) is 0 Å². The summed E-state index contributed by atoms with van der Waals surface area (Å²) in [4.78, 5) is 15.3. The first-order valence-corrected chi connectivity index (χ1v) is 4.55. The Morgan fingerprint density at radius 2 is 2.07 bits per heavy atom. The van der Waals surface area contributed by atoms with Gasteiger partial charge in [-0.25, -0.2) is 4.98 Å².